The molecule has 4 rings (SSSR count). The maximum atomic E-state index is 12.3. The number of amidine groups is 1. The molecule has 4 nitrogen and oxygen atoms in total. The molecule has 1 amide bonds. The molecule has 0 spiro atoms. The average Bonchev–Trinajstić information content (AvgIpc) is 3.11. The molecule has 0 bridgehead atoms. The number of benzene rings is 2. The van der Waals surface area contributed by atoms with Crippen molar-refractivity contribution in [2.75, 3.05) is 0 Å². The Morgan fingerprint density at radius 3 is 2.64 bits per heavy atom. The zero-order valence-electron chi connectivity index (χ0n) is 14.0. The van der Waals surface area contributed by atoms with Crippen LogP contribution in [-0.4, -0.2) is 15.6 Å². The lowest BCUT2D eigenvalue weighted by atomic mass is 10.2. The van der Waals surface area contributed by atoms with E-state index in [1.807, 2.05) is 56.4 Å². The number of aromatic nitrogens is 1. The minimum Gasteiger partial charge on any atom is -0.344 e. The lowest BCUT2D eigenvalue weighted by Crippen LogP contribution is -2.19. The molecule has 1 aliphatic rings. The monoisotopic (exact) mass is 347 g/mol. The van der Waals surface area contributed by atoms with Gasteiger partial charge in [-0.2, -0.15) is 0 Å². The third-order valence-corrected chi connectivity index (χ3v) is 5.09. The van der Waals surface area contributed by atoms with Gasteiger partial charge in [-0.15, -0.1) is 0 Å². The van der Waals surface area contributed by atoms with Gasteiger partial charge in [-0.05, 0) is 49.0 Å². The highest BCUT2D eigenvalue weighted by Crippen LogP contribution is 2.29. The van der Waals surface area contributed by atoms with Crippen LogP contribution in [0.15, 0.2) is 64.5 Å². The predicted octanol–water partition coefficient (Wildman–Crippen LogP) is 4.38. The summed E-state index contributed by atoms with van der Waals surface area (Å²) in [5, 5.41) is 4.61. The van der Waals surface area contributed by atoms with Crippen LogP contribution in [-0.2, 0) is 11.8 Å². The minimum absolute atomic E-state index is 0.110. The highest BCUT2D eigenvalue weighted by Gasteiger charge is 2.24. The van der Waals surface area contributed by atoms with Gasteiger partial charge in [0.05, 0.1) is 10.6 Å². The molecule has 1 saturated heterocycles. The Hall–Kier alpha value is -2.79. The van der Waals surface area contributed by atoms with Crippen molar-refractivity contribution in [3.8, 4) is 0 Å². The second kappa shape index (κ2) is 6.26. The third-order valence-electron chi connectivity index (χ3n) is 4.18. The normalized spacial score (nSPS) is 17.6. The fourth-order valence-corrected chi connectivity index (χ4v) is 3.63. The fourth-order valence-electron chi connectivity index (χ4n) is 2.80. The number of carbonyl (C=O) groups is 1. The Bertz CT molecular complexity index is 1030. The Morgan fingerprint density at radius 1 is 1.12 bits per heavy atom. The number of fused-ring (bicyclic) bond motifs is 1. The standard InChI is InChI=1S/C20H17N3OS/c1-13-7-9-15(10-8-13)21-20-22-19(24)18(25-20)12-16-11-14-5-3-4-6-17(14)23(16)2/h3-12H,1-2H3,(H,21,22,24). The van der Waals surface area contributed by atoms with Crippen LogP contribution >= 0.6 is 11.8 Å². The molecule has 1 aliphatic heterocycles. The first-order valence-corrected chi connectivity index (χ1v) is 8.82. The number of amides is 1. The maximum Gasteiger partial charge on any atom is 0.264 e. The van der Waals surface area contributed by atoms with Crippen molar-refractivity contribution in [2.24, 2.45) is 12.0 Å². The molecule has 3 aromatic rings. The molecule has 124 valence electrons. The zero-order valence-corrected chi connectivity index (χ0v) is 14.8. The summed E-state index contributed by atoms with van der Waals surface area (Å²) < 4.78 is 2.09. The number of thioether (sulfide) groups is 1. The summed E-state index contributed by atoms with van der Waals surface area (Å²) in [5.74, 6) is -0.110. The van der Waals surface area contributed by atoms with Crippen LogP contribution < -0.4 is 5.32 Å². The van der Waals surface area contributed by atoms with E-state index >= 15 is 0 Å². The molecule has 1 aromatic heterocycles. The summed E-state index contributed by atoms with van der Waals surface area (Å²) in [5.41, 5.74) is 4.16. The average molecular weight is 347 g/mol. The molecule has 0 unspecified atom stereocenters. The van der Waals surface area contributed by atoms with Crippen LogP contribution in [0.3, 0.4) is 0 Å². The van der Waals surface area contributed by atoms with Crippen LogP contribution in [0.4, 0.5) is 5.69 Å². The molecule has 1 N–H and O–H groups in total. The Balaban J connectivity index is 1.64. The summed E-state index contributed by atoms with van der Waals surface area (Å²) in [7, 11) is 2.01. The van der Waals surface area contributed by atoms with Crippen molar-refractivity contribution in [3.63, 3.8) is 0 Å². The van der Waals surface area contributed by atoms with Crippen molar-refractivity contribution in [1.82, 2.24) is 9.88 Å². The smallest absolute Gasteiger partial charge is 0.264 e. The van der Waals surface area contributed by atoms with Gasteiger partial charge < -0.3 is 9.88 Å². The Kier molecular flexibility index (Phi) is 3.93. The van der Waals surface area contributed by atoms with Gasteiger partial charge >= 0.3 is 0 Å². The number of nitrogens with one attached hydrogen (secondary N) is 1. The molecule has 5 heteroatoms. The van der Waals surface area contributed by atoms with E-state index < -0.39 is 0 Å². The minimum atomic E-state index is -0.110. The van der Waals surface area contributed by atoms with Crippen molar-refractivity contribution in [1.29, 1.82) is 0 Å². The zero-order chi connectivity index (χ0) is 17.4. The molecule has 0 radical (unpaired) electrons. The van der Waals surface area contributed by atoms with Gasteiger partial charge in [0.2, 0.25) is 0 Å². The fraction of sp³-hybridized carbons (Fsp3) is 0.100. The van der Waals surface area contributed by atoms with Gasteiger partial charge in [-0.1, -0.05) is 35.9 Å². The van der Waals surface area contributed by atoms with Gasteiger partial charge in [0.15, 0.2) is 5.17 Å². The summed E-state index contributed by atoms with van der Waals surface area (Å²) in [6.45, 7) is 2.04. The maximum absolute atomic E-state index is 12.3. The number of aliphatic imine (C=N–C) groups is 1. The van der Waals surface area contributed by atoms with Crippen LogP contribution in [0.2, 0.25) is 0 Å². The van der Waals surface area contributed by atoms with E-state index in [1.54, 1.807) is 0 Å². The molecule has 2 aromatic carbocycles. The van der Waals surface area contributed by atoms with Crippen molar-refractivity contribution in [2.45, 2.75) is 6.92 Å². The molecule has 2 heterocycles. The van der Waals surface area contributed by atoms with E-state index in [0.717, 1.165) is 22.3 Å². The predicted molar refractivity (Wildman–Crippen MR) is 105 cm³/mol. The van der Waals surface area contributed by atoms with E-state index in [9.17, 15) is 4.79 Å². The number of hydrogen-bond donors (Lipinski definition) is 1. The van der Waals surface area contributed by atoms with E-state index in [1.165, 1.54) is 17.3 Å². The number of rotatable bonds is 2. The van der Waals surface area contributed by atoms with Crippen molar-refractivity contribution < 1.29 is 4.79 Å². The van der Waals surface area contributed by atoms with Crippen molar-refractivity contribution >= 4 is 45.5 Å². The SMILES string of the molecule is Cc1ccc(N=C2NC(=O)C(=Cc3cc4ccccc4n3C)S2)cc1. The van der Waals surface area contributed by atoms with Crippen LogP contribution in [0, 0.1) is 6.92 Å². The van der Waals surface area contributed by atoms with Crippen LogP contribution in [0.5, 0.6) is 0 Å². The first kappa shape index (κ1) is 15.7. The first-order chi connectivity index (χ1) is 12.1. The Labute approximate surface area is 150 Å². The molecule has 0 atom stereocenters. The van der Waals surface area contributed by atoms with E-state index in [2.05, 4.69) is 33.1 Å². The van der Waals surface area contributed by atoms with E-state index in [0.29, 0.717) is 10.1 Å². The second-order valence-corrected chi connectivity index (χ2v) is 7.03. The number of carbonyl (C=O) groups excluding carboxylic acids is 1. The molecular formula is C20H17N3OS. The third kappa shape index (κ3) is 3.10. The molecule has 1 fully saturated rings. The topological polar surface area (TPSA) is 46.4 Å². The van der Waals surface area contributed by atoms with E-state index in [4.69, 9.17) is 0 Å². The van der Waals surface area contributed by atoms with Gasteiger partial charge in [0.25, 0.3) is 5.91 Å². The van der Waals surface area contributed by atoms with Crippen LogP contribution in [0.25, 0.3) is 17.0 Å². The lowest BCUT2D eigenvalue weighted by Gasteiger charge is -1.99. The summed E-state index contributed by atoms with van der Waals surface area (Å²) >= 11 is 1.37. The number of para-hydroxylation sites is 1. The molecule has 0 saturated carbocycles. The Morgan fingerprint density at radius 2 is 1.88 bits per heavy atom. The summed E-state index contributed by atoms with van der Waals surface area (Å²) in [6.07, 6.45) is 1.91. The molecule has 0 aliphatic carbocycles. The van der Waals surface area contributed by atoms with Gasteiger partial charge in [0.1, 0.15) is 0 Å². The highest BCUT2D eigenvalue weighted by molar-refractivity contribution is 8.18. The lowest BCUT2D eigenvalue weighted by molar-refractivity contribution is -0.115. The quantitative estimate of drug-likeness (QED) is 0.699. The first-order valence-electron chi connectivity index (χ1n) is 8.01. The van der Waals surface area contributed by atoms with Crippen molar-refractivity contribution in [3.05, 3.63) is 70.8 Å². The number of hydrogen-bond acceptors (Lipinski definition) is 3. The van der Waals surface area contributed by atoms with Gasteiger partial charge in [-0.25, -0.2) is 4.99 Å². The summed E-state index contributed by atoms with van der Waals surface area (Å²) in [6, 6.07) is 18.2. The summed E-state index contributed by atoms with van der Waals surface area (Å²) in [4.78, 5) is 17.4. The molecular weight excluding hydrogens is 330 g/mol. The largest absolute Gasteiger partial charge is 0.344 e. The number of aryl methyl sites for hydroxylation is 2. The number of nitrogens with zero attached hydrogens (tertiary/aromatic N) is 2. The van der Waals surface area contributed by atoms with Gasteiger partial charge in [-0.3, -0.25) is 4.79 Å². The highest BCUT2D eigenvalue weighted by atomic mass is 32.2. The van der Waals surface area contributed by atoms with E-state index in [-0.39, 0.29) is 5.91 Å². The second-order valence-electron chi connectivity index (χ2n) is 6.00. The van der Waals surface area contributed by atoms with Crippen LogP contribution in [0.1, 0.15) is 11.3 Å². The molecule has 25 heavy (non-hydrogen) atoms. The van der Waals surface area contributed by atoms with Gasteiger partial charge in [0, 0.05) is 23.6 Å².